The summed E-state index contributed by atoms with van der Waals surface area (Å²) in [5, 5.41) is 21.0. The monoisotopic (exact) mass is 572 g/mol. The maximum absolute atomic E-state index is 8.27. The van der Waals surface area contributed by atoms with E-state index in [1.165, 1.54) is 11.8 Å². The molecule has 0 saturated carbocycles. The van der Waals surface area contributed by atoms with Gasteiger partial charge in [-0.2, -0.15) is 0 Å². The molecule has 0 amide bonds. The zero-order valence-electron chi connectivity index (χ0n) is 19.6. The lowest BCUT2D eigenvalue weighted by Gasteiger charge is -2.32. The molecule has 12 nitrogen and oxygen atoms in total. The molecule has 1 aromatic carbocycles. The molecule has 0 unspecified atom stereocenters. The number of nitrogens with zero attached hydrogens (tertiary/aromatic N) is 8. The van der Waals surface area contributed by atoms with Crippen molar-refractivity contribution in [3.8, 4) is 11.5 Å². The fourth-order valence-corrected chi connectivity index (χ4v) is 6.01. The molecule has 2 aliphatic rings. The predicted molar refractivity (Wildman–Crippen MR) is 135 cm³/mol. The maximum atomic E-state index is 8.27. The average Bonchev–Trinajstić information content (AvgIpc) is 3.64. The minimum absolute atomic E-state index is 0.187. The number of benzene rings is 1. The van der Waals surface area contributed by atoms with Crippen LogP contribution in [0.1, 0.15) is 26.2 Å². The van der Waals surface area contributed by atoms with E-state index in [-0.39, 0.29) is 12.3 Å². The molecule has 3 aromatic heterocycles. The molecule has 0 bridgehead atoms. The Hall–Kier alpha value is -3.13. The summed E-state index contributed by atoms with van der Waals surface area (Å²) in [7, 11) is 0. The summed E-state index contributed by atoms with van der Waals surface area (Å²) in [5.41, 5.74) is 1.57. The second-order valence-corrected chi connectivity index (χ2v) is 10.7. The van der Waals surface area contributed by atoms with Crippen LogP contribution in [0, 0.1) is 11.3 Å². The molecule has 0 aliphatic carbocycles. The predicted octanol–water partition coefficient (Wildman–Crippen LogP) is 3.19. The fraction of sp³-hybridized carbons (Fsp3) is 0.455. The van der Waals surface area contributed by atoms with Gasteiger partial charge in [0, 0.05) is 35.5 Å². The Morgan fingerprint density at radius 1 is 1.22 bits per heavy atom. The average molecular weight is 573 g/mol. The van der Waals surface area contributed by atoms with E-state index >= 15 is 0 Å². The third kappa shape index (κ3) is 4.43. The van der Waals surface area contributed by atoms with Crippen molar-refractivity contribution < 1.29 is 9.47 Å². The molecule has 188 valence electrons. The zero-order valence-corrected chi connectivity index (χ0v) is 22.0. The van der Waals surface area contributed by atoms with Crippen molar-refractivity contribution in [3.05, 3.63) is 28.4 Å². The van der Waals surface area contributed by atoms with Crippen LogP contribution >= 0.6 is 27.7 Å². The number of tetrazole rings is 1. The van der Waals surface area contributed by atoms with E-state index in [0.29, 0.717) is 22.3 Å². The highest BCUT2D eigenvalue weighted by Crippen LogP contribution is 2.42. The molecule has 0 radical (unpaired) electrons. The summed E-state index contributed by atoms with van der Waals surface area (Å²) in [6.45, 7) is 5.73. The van der Waals surface area contributed by atoms with Gasteiger partial charge >= 0.3 is 0 Å². The van der Waals surface area contributed by atoms with Crippen LogP contribution in [0.5, 0.6) is 11.5 Å². The Balaban J connectivity index is 1.14. The summed E-state index contributed by atoms with van der Waals surface area (Å²) in [6.07, 6.45) is 4.92. The largest absolute Gasteiger partial charge is 0.454 e. The molecule has 4 aromatic rings. The lowest BCUT2D eigenvalue weighted by Crippen LogP contribution is -2.36. The van der Waals surface area contributed by atoms with Crippen molar-refractivity contribution in [2.45, 2.75) is 49.3 Å². The van der Waals surface area contributed by atoms with E-state index in [0.717, 1.165) is 72.2 Å². The van der Waals surface area contributed by atoms with Crippen LogP contribution in [0.2, 0.25) is 0 Å². The number of rotatable bonds is 7. The van der Waals surface area contributed by atoms with Gasteiger partial charge in [-0.25, -0.2) is 14.6 Å². The number of piperidine rings is 1. The van der Waals surface area contributed by atoms with Gasteiger partial charge in [-0.15, -0.1) is 0 Å². The first kappa shape index (κ1) is 23.3. The Morgan fingerprint density at radius 3 is 2.83 bits per heavy atom. The number of aryl methyl sites for hydroxylation is 2. The van der Waals surface area contributed by atoms with E-state index in [1.807, 2.05) is 28.3 Å². The van der Waals surface area contributed by atoms with Crippen LogP contribution < -0.4 is 19.9 Å². The van der Waals surface area contributed by atoms with Crippen molar-refractivity contribution in [1.29, 1.82) is 5.41 Å². The molecule has 1 fully saturated rings. The zero-order chi connectivity index (χ0) is 24.6. The number of halogens is 1. The van der Waals surface area contributed by atoms with Crippen molar-refractivity contribution in [2.24, 2.45) is 5.92 Å². The number of aromatic amines is 1. The van der Waals surface area contributed by atoms with Gasteiger partial charge in [0.05, 0.1) is 6.33 Å². The Kier molecular flexibility index (Phi) is 6.29. The number of ether oxygens (including phenoxy) is 2. The normalized spacial score (nSPS) is 15.8. The van der Waals surface area contributed by atoms with Crippen LogP contribution in [-0.4, -0.2) is 59.6 Å². The molecule has 36 heavy (non-hydrogen) atoms. The standard InChI is InChI=1S/C22H25BrN10O2S/c1-2-33-22(28-29-30-33)31-6-3-13(4-7-31)5-8-32-11-25-19(24)18-20(32)27-21(26-18)36-17-10-16-15(9-14(17)23)34-12-35-16/h9-11,13,24H,2-8,12H2,1H3,(H,26,27). The van der Waals surface area contributed by atoms with Gasteiger partial charge in [0.2, 0.25) is 12.7 Å². The Labute approximate surface area is 219 Å². The second-order valence-electron chi connectivity index (χ2n) is 8.78. The minimum atomic E-state index is 0.187. The number of imidazole rings is 1. The van der Waals surface area contributed by atoms with Gasteiger partial charge in [0.15, 0.2) is 27.8 Å². The highest BCUT2D eigenvalue weighted by molar-refractivity contribution is 9.10. The molecule has 0 atom stereocenters. The number of anilines is 1. The van der Waals surface area contributed by atoms with Gasteiger partial charge in [-0.1, -0.05) is 16.9 Å². The number of hydrogen-bond donors (Lipinski definition) is 2. The SMILES string of the molecule is CCn1nnnc1N1CCC(CCn2cnc(=N)c3[nH]c(Sc4cc5c(cc4Br)OCO5)nc32)CC1. The Morgan fingerprint density at radius 2 is 2.03 bits per heavy atom. The topological polar surface area (TPSA) is 136 Å². The van der Waals surface area contributed by atoms with Crippen LogP contribution in [-0.2, 0) is 13.1 Å². The minimum Gasteiger partial charge on any atom is -0.454 e. The van der Waals surface area contributed by atoms with Crippen LogP contribution in [0.15, 0.2) is 33.0 Å². The first-order chi connectivity index (χ1) is 17.6. The molecule has 5 heterocycles. The lowest BCUT2D eigenvalue weighted by atomic mass is 9.93. The van der Waals surface area contributed by atoms with E-state index in [1.54, 1.807) is 6.33 Å². The lowest BCUT2D eigenvalue weighted by molar-refractivity contribution is 0.174. The fourth-order valence-electron chi connectivity index (χ4n) is 4.63. The van der Waals surface area contributed by atoms with Gasteiger partial charge in [0.25, 0.3) is 0 Å². The van der Waals surface area contributed by atoms with Crippen LogP contribution in [0.3, 0.4) is 0 Å². The van der Waals surface area contributed by atoms with Crippen LogP contribution in [0.4, 0.5) is 5.95 Å². The summed E-state index contributed by atoms with van der Waals surface area (Å²) in [5.74, 6) is 2.90. The van der Waals surface area contributed by atoms with E-state index < -0.39 is 0 Å². The number of nitrogens with one attached hydrogen (secondary N) is 2. The van der Waals surface area contributed by atoms with Crippen molar-refractivity contribution in [1.82, 2.24) is 39.7 Å². The maximum Gasteiger partial charge on any atom is 0.245 e. The first-order valence-electron chi connectivity index (χ1n) is 11.9. The molecule has 0 spiro atoms. The van der Waals surface area contributed by atoms with Gasteiger partial charge in [0.1, 0.15) is 5.52 Å². The third-order valence-corrected chi connectivity index (χ3v) is 8.48. The molecular weight excluding hydrogens is 548 g/mol. The van der Waals surface area contributed by atoms with E-state index in [4.69, 9.17) is 19.9 Å². The summed E-state index contributed by atoms with van der Waals surface area (Å²) in [4.78, 5) is 15.6. The quantitative estimate of drug-likeness (QED) is 0.342. The second kappa shape index (κ2) is 9.73. The number of aromatic nitrogens is 8. The number of fused-ring (bicyclic) bond motifs is 2. The summed E-state index contributed by atoms with van der Waals surface area (Å²) >= 11 is 5.08. The van der Waals surface area contributed by atoms with E-state index in [9.17, 15) is 0 Å². The number of hydrogen-bond acceptors (Lipinski definition) is 10. The Bertz CT molecular complexity index is 1460. The first-order valence-corrected chi connectivity index (χ1v) is 13.5. The summed E-state index contributed by atoms with van der Waals surface area (Å²) < 4.78 is 15.7. The molecule has 14 heteroatoms. The molecule has 1 saturated heterocycles. The smallest absolute Gasteiger partial charge is 0.245 e. The van der Waals surface area contributed by atoms with Crippen molar-refractivity contribution in [2.75, 3.05) is 24.8 Å². The highest BCUT2D eigenvalue weighted by Gasteiger charge is 2.23. The molecule has 6 rings (SSSR count). The summed E-state index contributed by atoms with van der Waals surface area (Å²) in [6, 6.07) is 3.84. The van der Waals surface area contributed by atoms with Crippen molar-refractivity contribution >= 4 is 44.8 Å². The van der Waals surface area contributed by atoms with Gasteiger partial charge < -0.3 is 23.9 Å². The highest BCUT2D eigenvalue weighted by atomic mass is 79.9. The molecule has 2 N–H and O–H groups in total. The van der Waals surface area contributed by atoms with Gasteiger partial charge in [-0.3, -0.25) is 5.41 Å². The van der Waals surface area contributed by atoms with E-state index in [2.05, 4.69) is 46.3 Å². The molecule has 2 aliphatic heterocycles. The van der Waals surface area contributed by atoms with Gasteiger partial charge in [-0.05, 0) is 70.6 Å². The number of H-pyrrole nitrogens is 1. The third-order valence-electron chi connectivity index (χ3n) is 6.62. The molecular formula is C22H25BrN10O2S. The van der Waals surface area contributed by atoms with Crippen LogP contribution in [0.25, 0.3) is 11.2 Å². The van der Waals surface area contributed by atoms with Crippen molar-refractivity contribution in [3.63, 3.8) is 0 Å².